The largest absolute Gasteiger partial charge is 0.454 e. The molecule has 11 nitrogen and oxygen atoms in total. The molecule has 0 spiro atoms. The lowest BCUT2D eigenvalue weighted by molar-refractivity contribution is -0.395. The summed E-state index contributed by atoms with van der Waals surface area (Å²) in [7, 11) is 0. The number of nitro groups is 2. The fraction of sp³-hybridized carbons (Fsp3) is 0.222. The van der Waals surface area contributed by atoms with Crippen LogP contribution >= 0.6 is 11.6 Å². The fourth-order valence-corrected chi connectivity index (χ4v) is 3.03. The monoisotopic (exact) mass is 433 g/mol. The minimum absolute atomic E-state index is 0.0662. The van der Waals surface area contributed by atoms with Crippen molar-refractivity contribution in [1.29, 1.82) is 0 Å². The van der Waals surface area contributed by atoms with Crippen molar-refractivity contribution in [3.8, 4) is 0 Å². The van der Waals surface area contributed by atoms with E-state index >= 15 is 0 Å². The number of nitrogens with zero attached hydrogens (tertiary/aromatic N) is 4. The molecule has 0 aliphatic heterocycles. The number of furan rings is 1. The zero-order valence-corrected chi connectivity index (χ0v) is 16.9. The van der Waals surface area contributed by atoms with Crippen molar-refractivity contribution in [1.82, 2.24) is 9.78 Å². The first-order valence-electron chi connectivity index (χ1n) is 8.61. The van der Waals surface area contributed by atoms with E-state index in [1.54, 1.807) is 24.6 Å². The predicted octanol–water partition coefficient (Wildman–Crippen LogP) is 4.17. The average Bonchev–Trinajstić information content (AvgIpc) is 3.23. The van der Waals surface area contributed by atoms with E-state index in [4.69, 9.17) is 16.0 Å². The SMILES string of the molecule is Cc1nn(Cc2ccc(C(=O)Nc3cc([N+](=O)[O-])c(C)c([N+](=O)[O-])c3)o2)c(C)c1Cl. The Morgan fingerprint density at radius 1 is 1.17 bits per heavy atom. The van der Waals surface area contributed by atoms with Crippen molar-refractivity contribution < 1.29 is 19.1 Å². The zero-order chi connectivity index (χ0) is 22.2. The van der Waals surface area contributed by atoms with Crippen LogP contribution in [0.4, 0.5) is 17.1 Å². The van der Waals surface area contributed by atoms with Gasteiger partial charge in [-0.2, -0.15) is 5.10 Å². The lowest BCUT2D eigenvalue weighted by Gasteiger charge is -2.06. The van der Waals surface area contributed by atoms with Gasteiger partial charge in [-0.15, -0.1) is 0 Å². The molecule has 1 amide bonds. The van der Waals surface area contributed by atoms with Gasteiger partial charge in [-0.1, -0.05) is 11.6 Å². The molecule has 3 rings (SSSR count). The molecule has 0 fully saturated rings. The maximum atomic E-state index is 12.5. The smallest absolute Gasteiger partial charge is 0.291 e. The van der Waals surface area contributed by atoms with Gasteiger partial charge in [-0.25, -0.2) is 0 Å². The summed E-state index contributed by atoms with van der Waals surface area (Å²) >= 11 is 6.12. The van der Waals surface area contributed by atoms with Crippen molar-refractivity contribution in [3.05, 3.63) is 78.0 Å². The molecule has 2 aromatic heterocycles. The second-order valence-corrected chi connectivity index (χ2v) is 6.89. The van der Waals surface area contributed by atoms with Crippen LogP contribution in [0.2, 0.25) is 5.02 Å². The number of carbonyl (C=O) groups excluding carboxylic acids is 1. The van der Waals surface area contributed by atoms with Gasteiger partial charge in [0.2, 0.25) is 0 Å². The lowest BCUT2D eigenvalue weighted by Crippen LogP contribution is -2.12. The van der Waals surface area contributed by atoms with E-state index in [0.29, 0.717) is 16.5 Å². The van der Waals surface area contributed by atoms with E-state index in [1.807, 2.05) is 0 Å². The number of anilines is 1. The molecular weight excluding hydrogens is 418 g/mol. The van der Waals surface area contributed by atoms with E-state index < -0.39 is 27.1 Å². The second-order valence-electron chi connectivity index (χ2n) is 6.52. The highest BCUT2D eigenvalue weighted by atomic mass is 35.5. The maximum Gasteiger partial charge on any atom is 0.291 e. The Bertz CT molecular complexity index is 1150. The molecule has 0 aliphatic carbocycles. The summed E-state index contributed by atoms with van der Waals surface area (Å²) in [5.74, 6) is -0.341. The Kier molecular flexibility index (Phi) is 5.56. The molecule has 12 heteroatoms. The lowest BCUT2D eigenvalue weighted by atomic mass is 10.1. The number of amides is 1. The Morgan fingerprint density at radius 2 is 1.77 bits per heavy atom. The summed E-state index contributed by atoms with van der Waals surface area (Å²) in [4.78, 5) is 33.3. The quantitative estimate of drug-likeness (QED) is 0.453. The molecule has 0 saturated carbocycles. The summed E-state index contributed by atoms with van der Waals surface area (Å²) in [6.45, 7) is 5.09. The van der Waals surface area contributed by atoms with Crippen molar-refractivity contribution in [2.45, 2.75) is 27.3 Å². The predicted molar refractivity (Wildman–Crippen MR) is 107 cm³/mol. The molecular formula is C18H16ClN5O6. The normalized spacial score (nSPS) is 10.8. The summed E-state index contributed by atoms with van der Waals surface area (Å²) < 4.78 is 7.15. The van der Waals surface area contributed by atoms with Crippen LogP contribution in [0, 0.1) is 41.0 Å². The molecule has 0 saturated heterocycles. The minimum Gasteiger partial charge on any atom is -0.454 e. The van der Waals surface area contributed by atoms with Crippen LogP contribution in [-0.4, -0.2) is 25.5 Å². The number of benzene rings is 1. The van der Waals surface area contributed by atoms with E-state index in [9.17, 15) is 25.0 Å². The summed E-state index contributed by atoms with van der Waals surface area (Å²) in [5.41, 5.74) is 0.276. The average molecular weight is 434 g/mol. The summed E-state index contributed by atoms with van der Waals surface area (Å²) in [6.07, 6.45) is 0. The third-order valence-corrected chi connectivity index (χ3v) is 5.04. The minimum atomic E-state index is -0.747. The van der Waals surface area contributed by atoms with Crippen LogP contribution in [0.25, 0.3) is 0 Å². The van der Waals surface area contributed by atoms with Crippen LogP contribution in [0.5, 0.6) is 0 Å². The van der Waals surface area contributed by atoms with Gasteiger partial charge in [0.05, 0.1) is 38.5 Å². The van der Waals surface area contributed by atoms with Crippen LogP contribution < -0.4 is 5.32 Å². The number of hydrogen-bond acceptors (Lipinski definition) is 7. The van der Waals surface area contributed by atoms with E-state index in [-0.39, 0.29) is 23.6 Å². The van der Waals surface area contributed by atoms with Gasteiger partial charge in [0, 0.05) is 12.1 Å². The van der Waals surface area contributed by atoms with E-state index in [1.165, 1.54) is 13.0 Å². The van der Waals surface area contributed by atoms with Crippen LogP contribution in [0.3, 0.4) is 0 Å². The van der Waals surface area contributed by atoms with Crippen LogP contribution in [0.1, 0.15) is 33.3 Å². The highest BCUT2D eigenvalue weighted by molar-refractivity contribution is 6.31. The molecule has 0 aliphatic rings. The fourth-order valence-electron chi connectivity index (χ4n) is 2.89. The molecule has 30 heavy (non-hydrogen) atoms. The number of hydrogen-bond donors (Lipinski definition) is 1. The zero-order valence-electron chi connectivity index (χ0n) is 16.1. The molecule has 1 N–H and O–H groups in total. The number of halogens is 1. The number of carbonyl (C=O) groups is 1. The number of aromatic nitrogens is 2. The van der Waals surface area contributed by atoms with Crippen LogP contribution in [0.15, 0.2) is 28.7 Å². The van der Waals surface area contributed by atoms with Crippen molar-refractivity contribution in [2.24, 2.45) is 0 Å². The van der Waals surface area contributed by atoms with Gasteiger partial charge < -0.3 is 9.73 Å². The van der Waals surface area contributed by atoms with Crippen molar-refractivity contribution in [2.75, 3.05) is 5.32 Å². The van der Waals surface area contributed by atoms with Gasteiger partial charge >= 0.3 is 0 Å². The van der Waals surface area contributed by atoms with Crippen LogP contribution in [-0.2, 0) is 6.54 Å². The molecule has 3 aromatic rings. The summed E-state index contributed by atoms with van der Waals surface area (Å²) in [5, 5.41) is 29.6. The first-order valence-corrected chi connectivity index (χ1v) is 8.99. The van der Waals surface area contributed by atoms with E-state index in [2.05, 4.69) is 10.4 Å². The Labute approximate surface area is 174 Å². The molecule has 156 valence electrons. The topological polar surface area (TPSA) is 146 Å². The number of rotatable bonds is 6. The van der Waals surface area contributed by atoms with Gasteiger partial charge in [-0.3, -0.25) is 29.7 Å². The first kappa shape index (κ1) is 21.0. The standard InChI is InChI=1S/C18H16ClN5O6/c1-9-14(23(26)27)6-12(7-15(9)24(28)29)20-18(25)16-5-4-13(30-16)8-22-11(3)17(19)10(2)21-22/h4-7H,8H2,1-3H3,(H,20,25). The first-order chi connectivity index (χ1) is 14.1. The van der Waals surface area contributed by atoms with E-state index in [0.717, 1.165) is 17.8 Å². The molecule has 0 radical (unpaired) electrons. The summed E-state index contributed by atoms with van der Waals surface area (Å²) in [6, 6.07) is 5.12. The number of nitrogens with one attached hydrogen (secondary N) is 1. The highest BCUT2D eigenvalue weighted by Gasteiger charge is 2.24. The second kappa shape index (κ2) is 7.95. The third-order valence-electron chi connectivity index (χ3n) is 4.49. The Hall–Kier alpha value is -3.73. The van der Waals surface area contributed by atoms with Gasteiger partial charge in [0.1, 0.15) is 11.3 Å². The Balaban J connectivity index is 1.82. The number of nitro benzene ring substituents is 2. The maximum absolute atomic E-state index is 12.5. The number of aryl methyl sites for hydroxylation is 1. The van der Waals surface area contributed by atoms with Crippen molar-refractivity contribution >= 4 is 34.6 Å². The van der Waals surface area contributed by atoms with Gasteiger partial charge in [-0.05, 0) is 32.9 Å². The molecule has 1 aromatic carbocycles. The third kappa shape index (κ3) is 4.01. The van der Waals surface area contributed by atoms with Crippen molar-refractivity contribution in [3.63, 3.8) is 0 Å². The van der Waals surface area contributed by atoms with Gasteiger partial charge in [0.25, 0.3) is 17.3 Å². The van der Waals surface area contributed by atoms with Gasteiger partial charge in [0.15, 0.2) is 5.76 Å². The molecule has 0 bridgehead atoms. The highest BCUT2D eigenvalue weighted by Crippen LogP contribution is 2.32. The molecule has 0 unspecified atom stereocenters. The molecule has 2 heterocycles. The Morgan fingerprint density at radius 3 is 2.27 bits per heavy atom. The molecule has 0 atom stereocenters.